The molecular weight excluding hydrogens is 288 g/mol. The third-order valence-corrected chi connectivity index (χ3v) is 3.29. The fraction of sp³-hybridized carbons (Fsp3) is 0.455. The number of nitrogens with one attached hydrogen (secondary N) is 1. The van der Waals surface area contributed by atoms with Crippen molar-refractivity contribution >= 4 is 23.5 Å². The van der Waals surface area contributed by atoms with E-state index in [2.05, 4.69) is 10.5 Å². The van der Waals surface area contributed by atoms with Gasteiger partial charge in [-0.3, -0.25) is 4.79 Å². The van der Waals surface area contributed by atoms with E-state index in [-0.39, 0.29) is 0 Å². The molecule has 0 aliphatic heterocycles. The standard InChI is InChI=1S/C11H16N2O6S/c14-5-7(16)10(18)9(17)6(15)4-12-13-11(19)8-2-1-3-20-8/h1-4,6-7,9-10,14-18H,5H2,(H,13,19)/b12-4+/t6-,7-,9-,10+/m0/s1. The van der Waals surface area contributed by atoms with Crippen molar-refractivity contribution in [3.63, 3.8) is 0 Å². The smallest absolute Gasteiger partial charge is 0.281 e. The molecule has 4 atom stereocenters. The van der Waals surface area contributed by atoms with Crippen LogP contribution in [-0.2, 0) is 0 Å². The van der Waals surface area contributed by atoms with Gasteiger partial charge >= 0.3 is 0 Å². The van der Waals surface area contributed by atoms with E-state index in [1.807, 2.05) is 0 Å². The van der Waals surface area contributed by atoms with Gasteiger partial charge in [0.2, 0.25) is 0 Å². The van der Waals surface area contributed by atoms with Crippen LogP contribution in [0.3, 0.4) is 0 Å². The number of hydrazone groups is 1. The number of amides is 1. The predicted molar refractivity (Wildman–Crippen MR) is 71.4 cm³/mol. The van der Waals surface area contributed by atoms with E-state index < -0.39 is 36.9 Å². The molecule has 0 aromatic carbocycles. The van der Waals surface area contributed by atoms with Crippen LogP contribution in [0.4, 0.5) is 0 Å². The summed E-state index contributed by atoms with van der Waals surface area (Å²) in [5.41, 5.74) is 2.13. The number of carbonyl (C=O) groups is 1. The van der Waals surface area contributed by atoms with E-state index in [1.54, 1.807) is 17.5 Å². The van der Waals surface area contributed by atoms with Crippen LogP contribution in [0.25, 0.3) is 0 Å². The van der Waals surface area contributed by atoms with E-state index in [0.29, 0.717) is 4.88 Å². The topological polar surface area (TPSA) is 143 Å². The minimum Gasteiger partial charge on any atom is -0.394 e. The molecule has 0 unspecified atom stereocenters. The average molecular weight is 304 g/mol. The Morgan fingerprint density at radius 1 is 1.35 bits per heavy atom. The molecule has 1 rings (SSSR count). The first kappa shape index (κ1) is 16.7. The molecular formula is C11H16N2O6S. The highest BCUT2D eigenvalue weighted by molar-refractivity contribution is 7.12. The van der Waals surface area contributed by atoms with Gasteiger partial charge in [-0.2, -0.15) is 5.10 Å². The number of rotatable bonds is 7. The van der Waals surface area contributed by atoms with Gasteiger partial charge in [0, 0.05) is 0 Å². The number of thiophene rings is 1. The maximum atomic E-state index is 11.5. The first-order chi connectivity index (χ1) is 9.47. The molecule has 6 N–H and O–H groups in total. The summed E-state index contributed by atoms with van der Waals surface area (Å²) in [4.78, 5) is 11.9. The van der Waals surface area contributed by atoms with Crippen LogP contribution in [0, 0.1) is 0 Å². The summed E-state index contributed by atoms with van der Waals surface area (Å²) < 4.78 is 0. The number of hydrogen-bond donors (Lipinski definition) is 6. The monoisotopic (exact) mass is 304 g/mol. The van der Waals surface area contributed by atoms with Crippen molar-refractivity contribution in [2.45, 2.75) is 24.4 Å². The fourth-order valence-corrected chi connectivity index (χ4v) is 1.87. The van der Waals surface area contributed by atoms with Crippen LogP contribution >= 0.6 is 11.3 Å². The van der Waals surface area contributed by atoms with Gasteiger partial charge < -0.3 is 25.5 Å². The van der Waals surface area contributed by atoms with Crippen molar-refractivity contribution in [2.75, 3.05) is 6.61 Å². The minimum atomic E-state index is -1.75. The zero-order valence-corrected chi connectivity index (χ0v) is 11.1. The molecule has 1 aromatic heterocycles. The second kappa shape index (κ2) is 8.04. The van der Waals surface area contributed by atoms with Gasteiger partial charge in [0.1, 0.15) is 24.4 Å². The van der Waals surface area contributed by atoms with E-state index in [9.17, 15) is 20.1 Å². The van der Waals surface area contributed by atoms with Crippen molar-refractivity contribution in [3.8, 4) is 0 Å². The molecule has 20 heavy (non-hydrogen) atoms. The van der Waals surface area contributed by atoms with Gasteiger partial charge in [0.25, 0.3) is 5.91 Å². The van der Waals surface area contributed by atoms with E-state index in [1.165, 1.54) is 11.3 Å². The summed E-state index contributed by atoms with van der Waals surface area (Å²) in [6.45, 7) is -0.767. The highest BCUT2D eigenvalue weighted by atomic mass is 32.1. The predicted octanol–water partition coefficient (Wildman–Crippen LogP) is -2.10. The summed E-state index contributed by atoms with van der Waals surface area (Å²) in [5.74, 6) is -0.478. The highest BCUT2D eigenvalue weighted by Gasteiger charge is 2.29. The van der Waals surface area contributed by atoms with Gasteiger partial charge in [-0.15, -0.1) is 11.3 Å². The highest BCUT2D eigenvalue weighted by Crippen LogP contribution is 2.07. The second-order valence-electron chi connectivity index (χ2n) is 3.92. The van der Waals surface area contributed by atoms with Gasteiger partial charge in [-0.05, 0) is 11.4 Å². The first-order valence-corrected chi connectivity index (χ1v) is 6.55. The van der Waals surface area contributed by atoms with Crippen LogP contribution in [0.1, 0.15) is 9.67 Å². The quantitative estimate of drug-likeness (QED) is 0.252. The molecule has 0 aliphatic carbocycles. The fourth-order valence-electron chi connectivity index (χ4n) is 1.26. The van der Waals surface area contributed by atoms with Crippen molar-refractivity contribution in [3.05, 3.63) is 22.4 Å². The molecule has 0 saturated carbocycles. The summed E-state index contributed by atoms with van der Waals surface area (Å²) in [6, 6.07) is 3.27. The lowest BCUT2D eigenvalue weighted by molar-refractivity contribution is -0.0999. The molecule has 0 fully saturated rings. The van der Waals surface area contributed by atoms with Gasteiger partial charge in [-0.25, -0.2) is 5.43 Å². The molecule has 1 amide bonds. The zero-order chi connectivity index (χ0) is 15.1. The third-order valence-electron chi connectivity index (χ3n) is 2.42. The maximum Gasteiger partial charge on any atom is 0.281 e. The number of hydrogen-bond acceptors (Lipinski definition) is 8. The summed E-state index contributed by atoms with van der Waals surface area (Å²) in [6.07, 6.45) is -5.89. The Balaban J connectivity index is 2.47. The molecule has 0 spiro atoms. The van der Waals surface area contributed by atoms with Gasteiger partial charge in [-0.1, -0.05) is 6.07 Å². The number of aliphatic hydroxyl groups excluding tert-OH is 5. The van der Waals surface area contributed by atoms with Crippen molar-refractivity contribution < 1.29 is 30.3 Å². The Hall–Kier alpha value is -1.36. The molecule has 0 aliphatic rings. The second-order valence-corrected chi connectivity index (χ2v) is 4.87. The van der Waals surface area contributed by atoms with Crippen LogP contribution in [0.2, 0.25) is 0 Å². The Bertz CT molecular complexity index is 438. The Morgan fingerprint density at radius 2 is 2.05 bits per heavy atom. The molecule has 0 bridgehead atoms. The largest absolute Gasteiger partial charge is 0.394 e. The lowest BCUT2D eigenvalue weighted by Crippen LogP contribution is -2.46. The van der Waals surface area contributed by atoms with Crippen LogP contribution in [0.15, 0.2) is 22.6 Å². The molecule has 112 valence electrons. The van der Waals surface area contributed by atoms with E-state index in [4.69, 9.17) is 10.2 Å². The lowest BCUT2D eigenvalue weighted by Gasteiger charge is -2.23. The Labute approximate surface area is 118 Å². The number of nitrogens with zero attached hydrogens (tertiary/aromatic N) is 1. The van der Waals surface area contributed by atoms with Crippen LogP contribution in [0.5, 0.6) is 0 Å². The zero-order valence-electron chi connectivity index (χ0n) is 10.3. The number of aliphatic hydroxyl groups is 5. The molecule has 9 heteroatoms. The van der Waals surface area contributed by atoms with Crippen molar-refractivity contribution in [2.24, 2.45) is 5.10 Å². The normalized spacial score (nSPS) is 17.6. The minimum absolute atomic E-state index is 0.424. The summed E-state index contributed by atoms with van der Waals surface area (Å²) in [5, 5.41) is 51.1. The number of carbonyl (C=O) groups excluding carboxylic acids is 1. The van der Waals surface area contributed by atoms with Crippen molar-refractivity contribution in [1.29, 1.82) is 0 Å². The molecule has 0 saturated heterocycles. The summed E-state index contributed by atoms with van der Waals surface area (Å²) >= 11 is 1.21. The van der Waals surface area contributed by atoms with Crippen molar-refractivity contribution in [1.82, 2.24) is 5.43 Å². The SMILES string of the molecule is O=C(N/N=C/[C@H](O)[C@H](O)[C@H](O)[C@@H](O)CO)c1cccs1. The van der Waals surface area contributed by atoms with Gasteiger partial charge in [0.05, 0.1) is 17.7 Å². The third kappa shape index (κ3) is 4.63. The summed E-state index contributed by atoms with van der Waals surface area (Å²) in [7, 11) is 0. The Morgan fingerprint density at radius 3 is 2.60 bits per heavy atom. The van der Waals surface area contributed by atoms with Crippen LogP contribution in [-0.4, -0.2) is 68.7 Å². The maximum absolute atomic E-state index is 11.5. The molecule has 1 aromatic rings. The van der Waals surface area contributed by atoms with Gasteiger partial charge in [0.15, 0.2) is 0 Å². The van der Waals surface area contributed by atoms with E-state index in [0.717, 1.165) is 6.21 Å². The Kier molecular flexibility index (Phi) is 6.71. The lowest BCUT2D eigenvalue weighted by atomic mass is 10.0. The molecule has 8 nitrogen and oxygen atoms in total. The van der Waals surface area contributed by atoms with Crippen LogP contribution < -0.4 is 5.43 Å². The first-order valence-electron chi connectivity index (χ1n) is 5.67. The van der Waals surface area contributed by atoms with E-state index >= 15 is 0 Å². The molecule has 1 heterocycles. The average Bonchev–Trinajstić information content (AvgIpc) is 2.98. The molecule has 0 radical (unpaired) electrons.